The molecular formula is C19H21ClN4O5S. The summed E-state index contributed by atoms with van der Waals surface area (Å²) in [6.07, 6.45) is 3.22. The van der Waals surface area contributed by atoms with Crippen LogP contribution in [0.15, 0.2) is 42.9 Å². The largest absolute Gasteiger partial charge is 0.472 e. The van der Waals surface area contributed by atoms with Crippen molar-refractivity contribution in [2.75, 3.05) is 7.11 Å². The number of hydrogen-bond donors (Lipinski definition) is 2. The molecule has 1 aromatic carbocycles. The fourth-order valence-electron chi connectivity index (χ4n) is 3.67. The van der Waals surface area contributed by atoms with Gasteiger partial charge in [0.1, 0.15) is 18.6 Å². The summed E-state index contributed by atoms with van der Waals surface area (Å²) in [6, 6.07) is 8.43. The average molecular weight is 453 g/mol. The zero-order valence-corrected chi connectivity index (χ0v) is 17.7. The second-order valence-electron chi connectivity index (χ2n) is 7.09. The van der Waals surface area contributed by atoms with Crippen LogP contribution >= 0.6 is 11.6 Å². The molecule has 4 rings (SSSR count). The van der Waals surface area contributed by atoms with Crippen molar-refractivity contribution in [2.24, 2.45) is 0 Å². The Morgan fingerprint density at radius 1 is 1.23 bits per heavy atom. The fourth-order valence-corrected chi connectivity index (χ4v) is 4.51. The molecule has 160 valence electrons. The molecule has 1 aliphatic carbocycles. The minimum absolute atomic E-state index is 0.138. The van der Waals surface area contributed by atoms with Gasteiger partial charge in [0.25, 0.3) is 0 Å². The summed E-state index contributed by atoms with van der Waals surface area (Å²) in [5, 5.41) is 11.7. The van der Waals surface area contributed by atoms with E-state index in [-0.39, 0.29) is 6.04 Å². The lowest BCUT2D eigenvalue weighted by molar-refractivity contribution is 0.154. The molecule has 30 heavy (non-hydrogen) atoms. The molecule has 0 spiro atoms. The lowest BCUT2D eigenvalue weighted by Gasteiger charge is -2.15. The maximum atomic E-state index is 11.7. The number of benzene rings is 1. The molecule has 0 bridgehead atoms. The van der Waals surface area contributed by atoms with E-state index >= 15 is 0 Å². The Morgan fingerprint density at radius 2 is 2.00 bits per heavy atom. The number of aromatic nitrogens is 3. The van der Waals surface area contributed by atoms with Crippen LogP contribution in [0, 0.1) is 0 Å². The van der Waals surface area contributed by atoms with Gasteiger partial charge in [-0.3, -0.25) is 4.18 Å². The smallest absolute Gasteiger partial charge is 0.335 e. The number of aliphatic hydroxyl groups is 1. The molecule has 3 atom stereocenters. The third kappa shape index (κ3) is 4.42. The van der Waals surface area contributed by atoms with Crippen LogP contribution < -0.4 is 9.46 Å². The molecule has 11 heteroatoms. The average Bonchev–Trinajstić information content (AvgIpc) is 3.31. The first kappa shape index (κ1) is 21.0. The van der Waals surface area contributed by atoms with Crippen molar-refractivity contribution < 1.29 is 22.4 Å². The van der Waals surface area contributed by atoms with E-state index in [4.69, 9.17) is 16.3 Å². The van der Waals surface area contributed by atoms with Crippen LogP contribution in [0.1, 0.15) is 24.4 Å². The van der Waals surface area contributed by atoms with E-state index in [1.54, 1.807) is 12.1 Å². The molecule has 0 aliphatic heterocycles. The van der Waals surface area contributed by atoms with Gasteiger partial charge in [-0.05, 0) is 36.6 Å². The molecule has 0 unspecified atom stereocenters. The van der Waals surface area contributed by atoms with Crippen LogP contribution in [-0.2, 0) is 21.1 Å². The minimum atomic E-state index is -3.89. The van der Waals surface area contributed by atoms with E-state index in [1.165, 1.54) is 6.33 Å². The molecule has 2 heterocycles. The number of rotatable bonds is 7. The van der Waals surface area contributed by atoms with Crippen molar-refractivity contribution in [3.8, 4) is 5.88 Å². The highest BCUT2D eigenvalue weighted by Gasteiger charge is 2.37. The summed E-state index contributed by atoms with van der Waals surface area (Å²) in [4.78, 5) is 8.60. The summed E-state index contributed by atoms with van der Waals surface area (Å²) >= 11 is 5.91. The molecule has 9 nitrogen and oxygen atoms in total. The third-order valence-corrected chi connectivity index (χ3v) is 6.46. The van der Waals surface area contributed by atoms with Crippen molar-refractivity contribution in [2.45, 2.75) is 37.6 Å². The Hall–Kier alpha value is -2.24. The Balaban J connectivity index is 1.52. The topological polar surface area (TPSA) is 116 Å². The maximum Gasteiger partial charge on any atom is 0.335 e. The van der Waals surface area contributed by atoms with Crippen LogP contribution in [0.4, 0.5) is 0 Å². The quantitative estimate of drug-likeness (QED) is 0.564. The Kier molecular flexibility index (Phi) is 5.94. The molecule has 0 radical (unpaired) electrons. The number of hydrogen-bond acceptors (Lipinski definition) is 7. The van der Waals surface area contributed by atoms with Crippen LogP contribution in [0.3, 0.4) is 0 Å². The van der Waals surface area contributed by atoms with Gasteiger partial charge in [-0.25, -0.2) is 9.97 Å². The van der Waals surface area contributed by atoms with Crippen molar-refractivity contribution >= 4 is 32.9 Å². The number of ether oxygens (including phenoxy) is 1. The molecule has 3 aromatic rings. The number of nitrogens with zero attached hydrogens (tertiary/aromatic N) is 3. The molecule has 2 aromatic heterocycles. The molecule has 1 saturated carbocycles. The lowest BCUT2D eigenvalue weighted by atomic mass is 10.2. The molecule has 1 aliphatic rings. The zero-order chi connectivity index (χ0) is 21.3. The summed E-state index contributed by atoms with van der Waals surface area (Å²) in [5.41, 5.74) is 1.61. The van der Waals surface area contributed by atoms with Crippen molar-refractivity contribution in [3.63, 3.8) is 0 Å². The first-order chi connectivity index (χ1) is 14.4. The summed E-state index contributed by atoms with van der Waals surface area (Å²) in [6.45, 7) is 0.331. The monoisotopic (exact) mass is 452 g/mol. The van der Waals surface area contributed by atoms with Crippen molar-refractivity contribution in [1.29, 1.82) is 0 Å². The maximum absolute atomic E-state index is 11.7. The Labute approximate surface area is 178 Å². The molecule has 1 fully saturated rings. The van der Waals surface area contributed by atoms with Gasteiger partial charge in [-0.2, -0.15) is 13.1 Å². The predicted molar refractivity (Wildman–Crippen MR) is 110 cm³/mol. The van der Waals surface area contributed by atoms with E-state index in [0.717, 1.165) is 18.1 Å². The summed E-state index contributed by atoms with van der Waals surface area (Å²) in [5.74, 6) is 0.448. The van der Waals surface area contributed by atoms with Crippen molar-refractivity contribution in [1.82, 2.24) is 19.3 Å². The number of aliphatic hydroxyl groups excluding tert-OH is 1. The van der Waals surface area contributed by atoms with E-state index in [0.29, 0.717) is 36.0 Å². The molecule has 2 N–H and O–H groups in total. The highest BCUT2D eigenvalue weighted by Crippen LogP contribution is 2.35. The van der Waals surface area contributed by atoms with Gasteiger partial charge in [0.15, 0.2) is 0 Å². The van der Waals surface area contributed by atoms with Gasteiger partial charge in [0.2, 0.25) is 5.88 Å². The minimum Gasteiger partial charge on any atom is -0.472 e. The van der Waals surface area contributed by atoms with E-state index in [1.807, 2.05) is 29.0 Å². The van der Waals surface area contributed by atoms with E-state index in [2.05, 4.69) is 18.9 Å². The van der Waals surface area contributed by atoms with Gasteiger partial charge in [-0.15, -0.1) is 0 Å². The second kappa shape index (κ2) is 8.48. The highest BCUT2D eigenvalue weighted by molar-refractivity contribution is 7.84. The predicted octanol–water partition coefficient (Wildman–Crippen LogP) is 2.21. The SMILES string of the molecule is COS(=O)(=O)N[C@H]1C[C@@H](n2ccc3c(OCc4ccc(Cl)cc4)ncnc32)C[C@@H]1O. The highest BCUT2D eigenvalue weighted by atomic mass is 35.5. The number of halogens is 1. The normalized spacial score (nSPS) is 21.9. The van der Waals surface area contributed by atoms with Gasteiger partial charge in [0, 0.05) is 17.3 Å². The van der Waals surface area contributed by atoms with Crippen LogP contribution in [0.25, 0.3) is 11.0 Å². The second-order valence-corrected chi connectivity index (χ2v) is 9.01. The first-order valence-electron chi connectivity index (χ1n) is 9.31. The molecule has 0 amide bonds. The summed E-state index contributed by atoms with van der Waals surface area (Å²) in [7, 11) is -2.81. The van der Waals surface area contributed by atoms with E-state index in [9.17, 15) is 13.5 Å². The van der Waals surface area contributed by atoms with Crippen molar-refractivity contribution in [3.05, 3.63) is 53.4 Å². The lowest BCUT2D eigenvalue weighted by Crippen LogP contribution is -2.40. The van der Waals surface area contributed by atoms with Crippen LogP contribution in [0.2, 0.25) is 5.02 Å². The van der Waals surface area contributed by atoms with Gasteiger partial charge >= 0.3 is 10.3 Å². The zero-order valence-electron chi connectivity index (χ0n) is 16.1. The van der Waals surface area contributed by atoms with Gasteiger partial charge < -0.3 is 14.4 Å². The molecule has 0 saturated heterocycles. The molecular weight excluding hydrogens is 432 g/mol. The van der Waals surface area contributed by atoms with Gasteiger partial charge in [-0.1, -0.05) is 23.7 Å². The van der Waals surface area contributed by atoms with Crippen LogP contribution in [0.5, 0.6) is 5.88 Å². The van der Waals surface area contributed by atoms with Crippen LogP contribution in [-0.4, -0.2) is 47.3 Å². The standard InChI is InChI=1S/C19H21ClN4O5S/c1-28-30(26,27)23-16-8-14(9-17(16)25)24-7-6-15-18(24)21-11-22-19(15)29-10-12-2-4-13(20)5-3-12/h2-7,11,14,16-17,23,25H,8-10H2,1H3/t14-,16+,17+/m1/s1. The number of fused-ring (bicyclic) bond motifs is 1. The van der Waals surface area contributed by atoms with E-state index < -0.39 is 22.4 Å². The third-order valence-electron chi connectivity index (χ3n) is 5.17. The van der Waals surface area contributed by atoms with Gasteiger partial charge in [0.05, 0.1) is 24.6 Å². The summed E-state index contributed by atoms with van der Waals surface area (Å²) < 4.78 is 37.9. The number of nitrogens with one attached hydrogen (secondary N) is 1. The Morgan fingerprint density at radius 3 is 2.73 bits per heavy atom. The fraction of sp³-hybridized carbons (Fsp3) is 0.368. The first-order valence-corrected chi connectivity index (χ1v) is 11.1. The Bertz CT molecular complexity index is 1140.